The first-order valence-electron chi connectivity index (χ1n) is 13.2. The molecule has 192 valence electrons. The number of benzene rings is 3. The van der Waals surface area contributed by atoms with Gasteiger partial charge in [-0.2, -0.15) is 0 Å². The fraction of sp³-hybridized carbons (Fsp3) is 0.250. The van der Waals surface area contributed by atoms with Crippen LogP contribution in [0.4, 0.5) is 0 Å². The molecule has 0 amide bonds. The molecule has 0 saturated heterocycles. The molecule has 3 aromatic carbocycles. The molecule has 1 fully saturated rings. The van der Waals surface area contributed by atoms with Gasteiger partial charge in [0.1, 0.15) is 16.9 Å². The average Bonchev–Trinajstić information content (AvgIpc) is 3.30. The molecule has 0 bridgehead atoms. The number of aliphatic hydroxyl groups excluding tert-OH is 1. The maximum atomic E-state index is 10.1. The molecular weight excluding hydrogens is 472 g/mol. The standard InChI is InChI=1S/C32H32N4O2/c1-38-27-18-12-22(13-19-27)20-35-30(24-10-6-3-7-11-24)28(23-8-4-2-5-9-23)29-31(33)36(21-34-32(29)35)25-14-16-26(37)17-15-25/h2-13,18-19,21,25-26,33,37H,14-17,20H2,1H3. The lowest BCUT2D eigenvalue weighted by Gasteiger charge is -2.27. The van der Waals surface area contributed by atoms with Gasteiger partial charge < -0.3 is 19.0 Å². The number of nitrogens with zero attached hydrogens (tertiary/aromatic N) is 3. The molecule has 0 unspecified atom stereocenters. The van der Waals surface area contributed by atoms with E-state index in [9.17, 15) is 10.5 Å². The Kier molecular flexibility index (Phi) is 6.56. The van der Waals surface area contributed by atoms with Gasteiger partial charge in [0.15, 0.2) is 0 Å². The zero-order valence-corrected chi connectivity index (χ0v) is 21.5. The lowest BCUT2D eigenvalue weighted by Crippen LogP contribution is -2.29. The Bertz CT molecular complexity index is 1600. The number of aliphatic hydroxyl groups is 1. The van der Waals surface area contributed by atoms with Crippen LogP contribution < -0.4 is 10.2 Å². The third-order valence-electron chi connectivity index (χ3n) is 7.70. The van der Waals surface area contributed by atoms with E-state index in [4.69, 9.17) is 9.72 Å². The Morgan fingerprint density at radius 1 is 0.868 bits per heavy atom. The highest BCUT2D eigenvalue weighted by atomic mass is 16.5. The van der Waals surface area contributed by atoms with Crippen LogP contribution in [0.3, 0.4) is 0 Å². The van der Waals surface area contributed by atoms with Gasteiger partial charge in [0.05, 0.1) is 30.6 Å². The minimum Gasteiger partial charge on any atom is -0.497 e. The number of rotatable bonds is 6. The van der Waals surface area contributed by atoms with Gasteiger partial charge in [-0.15, -0.1) is 0 Å². The van der Waals surface area contributed by atoms with Gasteiger partial charge in [-0.1, -0.05) is 72.8 Å². The van der Waals surface area contributed by atoms with Crippen LogP contribution in [0.2, 0.25) is 0 Å². The van der Waals surface area contributed by atoms with Crippen molar-refractivity contribution in [1.82, 2.24) is 14.1 Å². The first-order valence-corrected chi connectivity index (χ1v) is 13.2. The van der Waals surface area contributed by atoms with Gasteiger partial charge in [-0.25, -0.2) is 4.98 Å². The molecule has 0 radical (unpaired) electrons. The summed E-state index contributed by atoms with van der Waals surface area (Å²) in [6, 6.07) is 29.1. The molecule has 2 N–H and O–H groups in total. The summed E-state index contributed by atoms with van der Waals surface area (Å²) in [7, 11) is 1.68. The van der Waals surface area contributed by atoms with Gasteiger partial charge in [0, 0.05) is 18.2 Å². The highest BCUT2D eigenvalue weighted by molar-refractivity contribution is 6.02. The van der Waals surface area contributed by atoms with Gasteiger partial charge in [0.2, 0.25) is 0 Å². The number of nitrogens with one attached hydrogen (secondary N) is 1. The normalized spacial score (nSPS) is 17.5. The largest absolute Gasteiger partial charge is 0.497 e. The Labute approximate surface area is 222 Å². The Balaban J connectivity index is 1.63. The molecule has 6 heteroatoms. The number of aromatic nitrogens is 3. The van der Waals surface area contributed by atoms with Crippen molar-refractivity contribution in [3.63, 3.8) is 0 Å². The van der Waals surface area contributed by atoms with Crippen molar-refractivity contribution in [3.05, 3.63) is 102 Å². The van der Waals surface area contributed by atoms with Crippen LogP contribution in [-0.2, 0) is 6.54 Å². The van der Waals surface area contributed by atoms with Crippen molar-refractivity contribution in [2.75, 3.05) is 7.11 Å². The van der Waals surface area contributed by atoms with E-state index in [0.29, 0.717) is 12.0 Å². The molecular formula is C32H32N4O2. The molecule has 0 aliphatic heterocycles. The number of fused-ring (bicyclic) bond motifs is 1. The topological polar surface area (TPSA) is 76.1 Å². The van der Waals surface area contributed by atoms with Crippen molar-refractivity contribution in [2.24, 2.45) is 0 Å². The first kappa shape index (κ1) is 24.2. The lowest BCUT2D eigenvalue weighted by molar-refractivity contribution is 0.109. The van der Waals surface area contributed by atoms with Crippen molar-refractivity contribution >= 4 is 11.0 Å². The second kappa shape index (κ2) is 10.3. The van der Waals surface area contributed by atoms with Crippen molar-refractivity contribution < 1.29 is 9.84 Å². The van der Waals surface area contributed by atoms with Crippen LogP contribution in [0.1, 0.15) is 37.3 Å². The van der Waals surface area contributed by atoms with Crippen LogP contribution >= 0.6 is 0 Å². The second-order valence-electron chi connectivity index (χ2n) is 10.1. The molecule has 1 aliphatic carbocycles. The van der Waals surface area contributed by atoms with Crippen LogP contribution in [0.5, 0.6) is 5.75 Å². The van der Waals surface area contributed by atoms with Crippen LogP contribution in [0.25, 0.3) is 33.4 Å². The van der Waals surface area contributed by atoms with Gasteiger partial charge in [-0.05, 0) is 54.5 Å². The van der Waals surface area contributed by atoms with Crippen molar-refractivity contribution in [2.45, 2.75) is 44.4 Å². The molecule has 38 heavy (non-hydrogen) atoms. The first-order chi connectivity index (χ1) is 18.6. The molecule has 2 heterocycles. The van der Waals surface area contributed by atoms with Gasteiger partial charge in [-0.3, -0.25) is 5.41 Å². The predicted octanol–water partition coefficient (Wildman–Crippen LogP) is 6.18. The minimum atomic E-state index is -0.243. The summed E-state index contributed by atoms with van der Waals surface area (Å²) in [5, 5.41) is 20.4. The number of ether oxygens (including phenoxy) is 1. The number of hydrogen-bond donors (Lipinski definition) is 2. The smallest absolute Gasteiger partial charge is 0.146 e. The Morgan fingerprint density at radius 2 is 1.50 bits per heavy atom. The summed E-state index contributed by atoms with van der Waals surface area (Å²) in [5.41, 5.74) is 6.65. The molecule has 5 aromatic rings. The van der Waals surface area contributed by atoms with Crippen molar-refractivity contribution in [1.29, 1.82) is 5.41 Å². The highest BCUT2D eigenvalue weighted by Gasteiger charge is 2.26. The second-order valence-corrected chi connectivity index (χ2v) is 10.1. The van der Waals surface area contributed by atoms with E-state index < -0.39 is 0 Å². The third kappa shape index (κ3) is 4.41. The molecule has 0 atom stereocenters. The predicted molar refractivity (Wildman–Crippen MR) is 150 cm³/mol. The third-order valence-corrected chi connectivity index (χ3v) is 7.70. The number of hydrogen-bond acceptors (Lipinski definition) is 4. The van der Waals surface area contributed by atoms with Crippen LogP contribution in [0, 0.1) is 5.41 Å². The molecule has 2 aromatic heterocycles. The maximum Gasteiger partial charge on any atom is 0.146 e. The molecule has 6 nitrogen and oxygen atoms in total. The van der Waals surface area contributed by atoms with Crippen molar-refractivity contribution in [3.8, 4) is 28.1 Å². The summed E-state index contributed by atoms with van der Waals surface area (Å²) in [5.74, 6) is 0.824. The van der Waals surface area contributed by atoms with E-state index in [-0.39, 0.29) is 12.1 Å². The van der Waals surface area contributed by atoms with E-state index in [1.54, 1.807) is 7.11 Å². The molecule has 1 saturated carbocycles. The van der Waals surface area contributed by atoms with E-state index in [0.717, 1.165) is 70.4 Å². The SMILES string of the molecule is COc1ccc(Cn2c(-c3ccccc3)c(-c3ccccc3)c3c(=N)n(C4CCC(O)CC4)cnc32)cc1. The van der Waals surface area contributed by atoms with Crippen LogP contribution in [0.15, 0.2) is 91.3 Å². The summed E-state index contributed by atoms with van der Waals surface area (Å²) in [6.45, 7) is 0.615. The van der Waals surface area contributed by atoms with E-state index >= 15 is 0 Å². The Morgan fingerprint density at radius 3 is 2.13 bits per heavy atom. The van der Waals surface area contributed by atoms with Gasteiger partial charge in [0.25, 0.3) is 0 Å². The fourth-order valence-corrected chi connectivity index (χ4v) is 5.73. The molecule has 6 rings (SSSR count). The monoisotopic (exact) mass is 504 g/mol. The highest BCUT2D eigenvalue weighted by Crippen LogP contribution is 2.40. The minimum absolute atomic E-state index is 0.163. The molecule has 0 spiro atoms. The average molecular weight is 505 g/mol. The van der Waals surface area contributed by atoms with Gasteiger partial charge >= 0.3 is 0 Å². The van der Waals surface area contributed by atoms with E-state index in [1.807, 2.05) is 47.3 Å². The number of methoxy groups -OCH3 is 1. The zero-order chi connectivity index (χ0) is 26.1. The maximum absolute atomic E-state index is 10.1. The summed E-state index contributed by atoms with van der Waals surface area (Å²) in [6.07, 6.45) is 4.81. The van der Waals surface area contributed by atoms with Crippen LogP contribution in [-0.4, -0.2) is 32.4 Å². The zero-order valence-electron chi connectivity index (χ0n) is 21.5. The molecule has 1 aliphatic rings. The quantitative estimate of drug-likeness (QED) is 0.290. The lowest BCUT2D eigenvalue weighted by atomic mass is 9.93. The summed E-state index contributed by atoms with van der Waals surface area (Å²) in [4.78, 5) is 5.02. The van der Waals surface area contributed by atoms with E-state index in [1.165, 1.54) is 0 Å². The summed E-state index contributed by atoms with van der Waals surface area (Å²) < 4.78 is 9.65. The van der Waals surface area contributed by atoms with E-state index in [2.05, 4.69) is 53.1 Å². The fourth-order valence-electron chi connectivity index (χ4n) is 5.73. The Hall–Kier alpha value is -4.16. The summed E-state index contributed by atoms with van der Waals surface area (Å²) >= 11 is 0.